The fraction of sp³-hybridized carbons (Fsp3) is 0.381. The molecule has 2 aromatic rings. The smallest absolute Gasteiger partial charge is 0.321 e. The lowest BCUT2D eigenvalue weighted by Gasteiger charge is -2.32. The molecule has 0 amide bonds. The Labute approximate surface area is 164 Å². The topological polar surface area (TPSA) is 35.5 Å². The lowest BCUT2D eigenvalue weighted by molar-refractivity contribution is -0.148. The van der Waals surface area contributed by atoms with E-state index in [1.54, 1.807) is 0 Å². The minimum atomic E-state index is -0.377. The largest absolute Gasteiger partial charge is 0.489 e. The summed E-state index contributed by atoms with van der Waals surface area (Å²) in [7, 11) is 0. The number of rotatable bonds is 6. The van der Waals surface area contributed by atoms with Gasteiger partial charge in [-0.05, 0) is 43.0 Å². The zero-order chi connectivity index (χ0) is 18.4. The molecule has 1 fully saturated rings. The molecule has 1 saturated carbocycles. The van der Waals surface area contributed by atoms with Gasteiger partial charge in [0.2, 0.25) is 0 Å². The maximum absolute atomic E-state index is 11.7. The van der Waals surface area contributed by atoms with Gasteiger partial charge in [-0.25, -0.2) is 0 Å². The Bertz CT molecular complexity index is 733. The summed E-state index contributed by atoms with van der Waals surface area (Å²) in [6, 6.07) is 15.7. The fourth-order valence-corrected chi connectivity index (χ4v) is 3.71. The standard InChI is InChI=1S/C21H22Cl2O3/c22-13-21(24)26-20-9-5-4-8-17(20)18-12-16(23)10-11-19(18)25-14-15-6-2-1-3-7-15/h1-3,6-7,10-12,17,20H,4-5,8-9,13-14H2/t17-,20+/m0/s1. The second-order valence-electron chi connectivity index (χ2n) is 6.51. The first-order valence-corrected chi connectivity index (χ1v) is 9.80. The number of hydrogen-bond acceptors (Lipinski definition) is 3. The van der Waals surface area contributed by atoms with Gasteiger partial charge in [-0.2, -0.15) is 0 Å². The number of ether oxygens (including phenoxy) is 2. The van der Waals surface area contributed by atoms with E-state index in [2.05, 4.69) is 0 Å². The Morgan fingerprint density at radius 3 is 2.62 bits per heavy atom. The van der Waals surface area contributed by atoms with Crippen molar-refractivity contribution in [2.75, 3.05) is 5.88 Å². The molecule has 0 radical (unpaired) electrons. The maximum atomic E-state index is 11.7. The van der Waals surface area contributed by atoms with Crippen LogP contribution in [0.25, 0.3) is 0 Å². The Kier molecular flexibility index (Phi) is 6.81. The van der Waals surface area contributed by atoms with Crippen molar-refractivity contribution >= 4 is 29.2 Å². The molecule has 26 heavy (non-hydrogen) atoms. The number of alkyl halides is 1. The van der Waals surface area contributed by atoms with E-state index in [-0.39, 0.29) is 23.9 Å². The first-order chi connectivity index (χ1) is 12.7. The molecule has 3 nitrogen and oxygen atoms in total. The summed E-state index contributed by atoms with van der Waals surface area (Å²) in [4.78, 5) is 11.7. The highest BCUT2D eigenvalue weighted by Crippen LogP contribution is 2.40. The summed E-state index contributed by atoms with van der Waals surface area (Å²) in [6.07, 6.45) is 3.70. The lowest BCUT2D eigenvalue weighted by Crippen LogP contribution is -2.29. The minimum absolute atomic E-state index is 0.0698. The molecule has 5 heteroatoms. The van der Waals surface area contributed by atoms with Gasteiger partial charge < -0.3 is 9.47 Å². The number of carbonyl (C=O) groups is 1. The van der Waals surface area contributed by atoms with Crippen LogP contribution in [-0.4, -0.2) is 18.0 Å². The maximum Gasteiger partial charge on any atom is 0.321 e. The monoisotopic (exact) mass is 392 g/mol. The highest BCUT2D eigenvalue weighted by molar-refractivity contribution is 6.30. The van der Waals surface area contributed by atoms with Gasteiger partial charge in [-0.1, -0.05) is 48.4 Å². The van der Waals surface area contributed by atoms with Gasteiger partial charge in [0, 0.05) is 16.5 Å². The second kappa shape index (κ2) is 9.29. The average Bonchev–Trinajstić information content (AvgIpc) is 2.68. The minimum Gasteiger partial charge on any atom is -0.489 e. The summed E-state index contributed by atoms with van der Waals surface area (Å²) >= 11 is 11.9. The highest BCUT2D eigenvalue weighted by atomic mass is 35.5. The highest BCUT2D eigenvalue weighted by Gasteiger charge is 2.31. The van der Waals surface area contributed by atoms with Gasteiger partial charge >= 0.3 is 5.97 Å². The number of esters is 1. The molecule has 3 rings (SSSR count). The zero-order valence-electron chi connectivity index (χ0n) is 14.5. The van der Waals surface area contributed by atoms with Crippen molar-refractivity contribution in [1.29, 1.82) is 0 Å². The summed E-state index contributed by atoms with van der Waals surface area (Å²) < 4.78 is 11.7. The van der Waals surface area contributed by atoms with Crippen LogP contribution in [0.4, 0.5) is 0 Å². The molecule has 2 atom stereocenters. The zero-order valence-corrected chi connectivity index (χ0v) is 16.0. The van der Waals surface area contributed by atoms with Crippen LogP contribution in [0.1, 0.15) is 42.7 Å². The van der Waals surface area contributed by atoms with Gasteiger partial charge in [-0.15, -0.1) is 11.6 Å². The first kappa shape index (κ1) is 19.1. The van der Waals surface area contributed by atoms with Gasteiger partial charge in [-0.3, -0.25) is 4.79 Å². The summed E-state index contributed by atoms with van der Waals surface area (Å²) in [5.74, 6) is 0.352. The molecule has 1 aliphatic carbocycles. The van der Waals surface area contributed by atoms with Crippen LogP contribution in [0.3, 0.4) is 0 Å². The van der Waals surface area contributed by atoms with Crippen LogP contribution in [0.15, 0.2) is 48.5 Å². The fourth-order valence-electron chi connectivity index (χ4n) is 3.47. The van der Waals surface area contributed by atoms with Crippen molar-refractivity contribution in [3.8, 4) is 5.75 Å². The molecule has 0 aliphatic heterocycles. The van der Waals surface area contributed by atoms with E-state index in [4.69, 9.17) is 32.7 Å². The summed E-state index contributed by atoms with van der Waals surface area (Å²) in [6.45, 7) is 0.480. The third-order valence-electron chi connectivity index (χ3n) is 4.70. The van der Waals surface area contributed by atoms with E-state index >= 15 is 0 Å². The molecular weight excluding hydrogens is 371 g/mol. The number of carbonyl (C=O) groups excluding carboxylic acids is 1. The predicted octanol–water partition coefficient (Wildman–Crippen LogP) is 5.73. The van der Waals surface area contributed by atoms with Crippen LogP contribution in [0, 0.1) is 0 Å². The Balaban J connectivity index is 1.82. The van der Waals surface area contributed by atoms with Crippen molar-refractivity contribution in [2.24, 2.45) is 0 Å². The second-order valence-corrected chi connectivity index (χ2v) is 7.21. The van der Waals surface area contributed by atoms with Crippen molar-refractivity contribution in [1.82, 2.24) is 0 Å². The van der Waals surface area contributed by atoms with E-state index in [1.165, 1.54) is 0 Å². The molecule has 138 valence electrons. The number of hydrogen-bond donors (Lipinski definition) is 0. The SMILES string of the molecule is O=C(CCl)O[C@@H]1CCCC[C@H]1c1cc(Cl)ccc1OCc1ccccc1. The van der Waals surface area contributed by atoms with Crippen molar-refractivity contribution in [3.63, 3.8) is 0 Å². The Morgan fingerprint density at radius 2 is 1.85 bits per heavy atom. The molecule has 0 unspecified atom stereocenters. The molecule has 2 aromatic carbocycles. The molecule has 0 spiro atoms. The van der Waals surface area contributed by atoms with Crippen LogP contribution >= 0.6 is 23.2 Å². The molecule has 0 saturated heterocycles. The average molecular weight is 393 g/mol. The van der Waals surface area contributed by atoms with Crippen LogP contribution in [-0.2, 0) is 16.1 Å². The predicted molar refractivity (Wildman–Crippen MR) is 104 cm³/mol. The molecule has 1 aliphatic rings. The number of halogens is 2. The molecular formula is C21H22Cl2O3. The normalized spacial score (nSPS) is 19.8. The quantitative estimate of drug-likeness (QED) is 0.465. The van der Waals surface area contributed by atoms with E-state index in [0.29, 0.717) is 11.6 Å². The van der Waals surface area contributed by atoms with Crippen molar-refractivity contribution in [2.45, 2.75) is 44.3 Å². The number of benzene rings is 2. The first-order valence-electron chi connectivity index (χ1n) is 8.89. The van der Waals surface area contributed by atoms with E-state index in [9.17, 15) is 4.79 Å². The van der Waals surface area contributed by atoms with Gasteiger partial charge in [0.05, 0.1) is 0 Å². The Morgan fingerprint density at radius 1 is 1.08 bits per heavy atom. The third kappa shape index (κ3) is 4.93. The molecule has 0 N–H and O–H groups in total. The van der Waals surface area contributed by atoms with Crippen molar-refractivity contribution in [3.05, 3.63) is 64.7 Å². The summed E-state index contributed by atoms with van der Waals surface area (Å²) in [5, 5.41) is 0.653. The third-order valence-corrected chi connectivity index (χ3v) is 5.16. The van der Waals surface area contributed by atoms with E-state index in [0.717, 1.165) is 42.6 Å². The van der Waals surface area contributed by atoms with Crippen LogP contribution < -0.4 is 4.74 Å². The van der Waals surface area contributed by atoms with Crippen molar-refractivity contribution < 1.29 is 14.3 Å². The van der Waals surface area contributed by atoms with Gasteiger partial charge in [0.15, 0.2) is 0 Å². The molecule has 0 aromatic heterocycles. The summed E-state index contributed by atoms with van der Waals surface area (Å²) in [5.41, 5.74) is 2.10. The van der Waals surface area contributed by atoms with Crippen LogP contribution in [0.2, 0.25) is 5.02 Å². The van der Waals surface area contributed by atoms with Gasteiger partial charge in [0.25, 0.3) is 0 Å². The van der Waals surface area contributed by atoms with E-state index in [1.807, 2.05) is 48.5 Å². The molecule has 0 bridgehead atoms. The van der Waals surface area contributed by atoms with Crippen LogP contribution in [0.5, 0.6) is 5.75 Å². The Hall–Kier alpha value is -1.71. The van der Waals surface area contributed by atoms with E-state index < -0.39 is 0 Å². The molecule has 0 heterocycles. The van der Waals surface area contributed by atoms with Gasteiger partial charge in [0.1, 0.15) is 24.3 Å². The lowest BCUT2D eigenvalue weighted by atomic mass is 9.81.